The third-order valence-electron chi connectivity index (χ3n) is 3.89. The normalized spacial score (nSPS) is 17.9. The quantitative estimate of drug-likeness (QED) is 0.610. The SMILES string of the molecule is CCOC(=O)C1CCN(C(=O)CCc2ccc(Cl)cc2)CC1=O. The first-order chi connectivity index (χ1) is 11.0. The van der Waals surface area contributed by atoms with Crippen LogP contribution in [0, 0.1) is 5.92 Å². The number of ether oxygens (including phenoxy) is 1. The first-order valence-corrected chi connectivity index (χ1v) is 8.10. The van der Waals surface area contributed by atoms with Gasteiger partial charge in [0.2, 0.25) is 5.91 Å². The van der Waals surface area contributed by atoms with Crippen LogP contribution in [0.5, 0.6) is 0 Å². The van der Waals surface area contributed by atoms with Gasteiger partial charge in [-0.2, -0.15) is 0 Å². The van der Waals surface area contributed by atoms with Crippen molar-refractivity contribution in [3.05, 3.63) is 34.9 Å². The van der Waals surface area contributed by atoms with Crippen LogP contribution >= 0.6 is 11.6 Å². The molecule has 1 saturated heterocycles. The van der Waals surface area contributed by atoms with Crippen LogP contribution in [0.4, 0.5) is 0 Å². The van der Waals surface area contributed by atoms with Gasteiger partial charge in [0.15, 0.2) is 5.78 Å². The number of hydrogen-bond donors (Lipinski definition) is 0. The molecule has 0 radical (unpaired) electrons. The largest absolute Gasteiger partial charge is 0.465 e. The summed E-state index contributed by atoms with van der Waals surface area (Å²) in [5.41, 5.74) is 1.02. The molecule has 1 unspecified atom stereocenters. The number of carbonyl (C=O) groups excluding carboxylic acids is 3. The average molecular weight is 338 g/mol. The van der Waals surface area contributed by atoms with Gasteiger partial charge in [0.1, 0.15) is 5.92 Å². The molecule has 1 aliphatic rings. The van der Waals surface area contributed by atoms with E-state index in [1.165, 1.54) is 4.90 Å². The molecule has 2 rings (SSSR count). The molecule has 0 saturated carbocycles. The number of amides is 1. The summed E-state index contributed by atoms with van der Waals surface area (Å²) < 4.78 is 4.89. The Morgan fingerprint density at radius 1 is 1.30 bits per heavy atom. The van der Waals surface area contributed by atoms with Crippen LogP contribution in [0.1, 0.15) is 25.3 Å². The van der Waals surface area contributed by atoms with Crippen LogP contribution in [0.2, 0.25) is 5.02 Å². The van der Waals surface area contributed by atoms with Crippen molar-refractivity contribution in [1.82, 2.24) is 4.90 Å². The van der Waals surface area contributed by atoms with E-state index in [2.05, 4.69) is 0 Å². The summed E-state index contributed by atoms with van der Waals surface area (Å²) in [6.07, 6.45) is 1.27. The zero-order valence-corrected chi connectivity index (χ0v) is 13.8. The second kappa shape index (κ2) is 8.11. The molecule has 0 aliphatic carbocycles. The Labute approximate surface area is 140 Å². The lowest BCUT2D eigenvalue weighted by molar-refractivity contribution is -0.156. The highest BCUT2D eigenvalue weighted by Crippen LogP contribution is 2.17. The molecule has 6 heteroatoms. The van der Waals surface area contributed by atoms with Crippen molar-refractivity contribution in [2.45, 2.75) is 26.2 Å². The standard InChI is InChI=1S/C17H20ClNO4/c1-2-23-17(22)14-9-10-19(11-15(14)20)16(21)8-5-12-3-6-13(18)7-4-12/h3-4,6-7,14H,2,5,8-11H2,1H3. The molecular weight excluding hydrogens is 318 g/mol. The van der Waals surface area contributed by atoms with E-state index in [-0.39, 0.29) is 24.8 Å². The van der Waals surface area contributed by atoms with Gasteiger partial charge in [-0.05, 0) is 37.5 Å². The number of hydrogen-bond acceptors (Lipinski definition) is 4. The summed E-state index contributed by atoms with van der Waals surface area (Å²) in [5.74, 6) is -1.52. The molecule has 5 nitrogen and oxygen atoms in total. The molecular formula is C17H20ClNO4. The maximum absolute atomic E-state index is 12.2. The Morgan fingerprint density at radius 3 is 2.61 bits per heavy atom. The van der Waals surface area contributed by atoms with E-state index >= 15 is 0 Å². The predicted molar refractivity (Wildman–Crippen MR) is 86.1 cm³/mol. The first-order valence-electron chi connectivity index (χ1n) is 7.72. The van der Waals surface area contributed by atoms with Gasteiger partial charge in [-0.3, -0.25) is 14.4 Å². The minimum Gasteiger partial charge on any atom is -0.465 e. The zero-order chi connectivity index (χ0) is 16.8. The Morgan fingerprint density at radius 2 is 2.00 bits per heavy atom. The molecule has 1 amide bonds. The fourth-order valence-electron chi connectivity index (χ4n) is 2.59. The van der Waals surface area contributed by atoms with Gasteiger partial charge in [0.05, 0.1) is 13.2 Å². The van der Waals surface area contributed by atoms with E-state index in [1.54, 1.807) is 19.1 Å². The van der Waals surface area contributed by atoms with Gasteiger partial charge in [-0.25, -0.2) is 0 Å². The number of aryl methyl sites for hydroxylation is 1. The van der Waals surface area contributed by atoms with Crippen molar-refractivity contribution in [1.29, 1.82) is 0 Å². The van der Waals surface area contributed by atoms with Crippen molar-refractivity contribution >= 4 is 29.3 Å². The summed E-state index contributed by atoms with van der Waals surface area (Å²) >= 11 is 5.82. The maximum Gasteiger partial charge on any atom is 0.316 e. The molecule has 0 N–H and O–H groups in total. The van der Waals surface area contributed by atoms with Gasteiger partial charge in [-0.15, -0.1) is 0 Å². The average Bonchev–Trinajstić information content (AvgIpc) is 2.54. The predicted octanol–water partition coefficient (Wildman–Crippen LogP) is 2.25. The number of halogens is 1. The van der Waals surface area contributed by atoms with Gasteiger partial charge in [0, 0.05) is 18.0 Å². The van der Waals surface area contributed by atoms with Gasteiger partial charge in [0.25, 0.3) is 0 Å². The molecule has 1 aromatic carbocycles. The van der Waals surface area contributed by atoms with Crippen molar-refractivity contribution in [2.75, 3.05) is 19.7 Å². The highest BCUT2D eigenvalue weighted by atomic mass is 35.5. The number of rotatable bonds is 5. The highest BCUT2D eigenvalue weighted by Gasteiger charge is 2.34. The van der Waals surface area contributed by atoms with Gasteiger partial charge in [-0.1, -0.05) is 23.7 Å². The molecule has 0 spiro atoms. The Hall–Kier alpha value is -1.88. The Bertz CT molecular complexity index is 585. The van der Waals surface area contributed by atoms with E-state index in [9.17, 15) is 14.4 Å². The minimum absolute atomic E-state index is 0.0110. The molecule has 1 fully saturated rings. The Balaban J connectivity index is 1.84. The molecule has 0 aromatic heterocycles. The third-order valence-corrected chi connectivity index (χ3v) is 4.14. The summed E-state index contributed by atoms with van der Waals surface area (Å²) in [6.45, 7) is 2.36. The zero-order valence-electron chi connectivity index (χ0n) is 13.1. The fraction of sp³-hybridized carbons (Fsp3) is 0.471. The topological polar surface area (TPSA) is 63.7 Å². The van der Waals surface area contributed by atoms with Crippen LogP contribution < -0.4 is 0 Å². The molecule has 1 heterocycles. The summed E-state index contributed by atoms with van der Waals surface area (Å²) in [6, 6.07) is 7.34. The highest BCUT2D eigenvalue weighted by molar-refractivity contribution is 6.30. The second-order valence-electron chi connectivity index (χ2n) is 5.50. The van der Waals surface area contributed by atoms with Crippen molar-refractivity contribution in [3.63, 3.8) is 0 Å². The van der Waals surface area contributed by atoms with Crippen LogP contribution in [-0.4, -0.2) is 42.3 Å². The molecule has 0 bridgehead atoms. The van der Waals surface area contributed by atoms with Crippen LogP contribution in [-0.2, 0) is 25.5 Å². The van der Waals surface area contributed by atoms with E-state index in [0.717, 1.165) is 5.56 Å². The summed E-state index contributed by atoms with van der Waals surface area (Å²) in [4.78, 5) is 37.4. The summed E-state index contributed by atoms with van der Waals surface area (Å²) in [7, 11) is 0. The van der Waals surface area contributed by atoms with E-state index in [1.807, 2.05) is 12.1 Å². The molecule has 1 aliphatic heterocycles. The van der Waals surface area contributed by atoms with Crippen LogP contribution in [0.3, 0.4) is 0 Å². The lowest BCUT2D eigenvalue weighted by Crippen LogP contribution is -2.46. The lowest BCUT2D eigenvalue weighted by Gasteiger charge is -2.29. The first kappa shape index (κ1) is 17.5. The molecule has 23 heavy (non-hydrogen) atoms. The van der Waals surface area contributed by atoms with Crippen molar-refractivity contribution < 1.29 is 19.1 Å². The molecule has 1 atom stereocenters. The maximum atomic E-state index is 12.2. The Kier molecular flexibility index (Phi) is 6.16. The van der Waals surface area contributed by atoms with Gasteiger partial charge < -0.3 is 9.64 Å². The lowest BCUT2D eigenvalue weighted by atomic mass is 9.95. The number of carbonyl (C=O) groups is 3. The monoisotopic (exact) mass is 337 g/mol. The second-order valence-corrected chi connectivity index (χ2v) is 5.94. The number of ketones is 1. The number of Topliss-reactive ketones (excluding diaryl/α,β-unsaturated/α-hetero) is 1. The van der Waals surface area contributed by atoms with Crippen molar-refractivity contribution in [2.24, 2.45) is 5.92 Å². The summed E-state index contributed by atoms with van der Waals surface area (Å²) in [5, 5.41) is 0.659. The number of piperidine rings is 1. The van der Waals surface area contributed by atoms with Crippen LogP contribution in [0.15, 0.2) is 24.3 Å². The molecule has 1 aromatic rings. The number of likely N-dealkylation sites (tertiary alicyclic amines) is 1. The molecule has 124 valence electrons. The van der Waals surface area contributed by atoms with E-state index in [0.29, 0.717) is 30.8 Å². The minimum atomic E-state index is -0.727. The number of esters is 1. The number of nitrogens with zero attached hydrogens (tertiary/aromatic N) is 1. The van der Waals surface area contributed by atoms with Crippen molar-refractivity contribution in [3.8, 4) is 0 Å². The third kappa shape index (κ3) is 4.79. The van der Waals surface area contributed by atoms with E-state index < -0.39 is 11.9 Å². The number of benzene rings is 1. The van der Waals surface area contributed by atoms with Crippen LogP contribution in [0.25, 0.3) is 0 Å². The smallest absolute Gasteiger partial charge is 0.316 e. The van der Waals surface area contributed by atoms with Gasteiger partial charge >= 0.3 is 5.97 Å². The fourth-order valence-corrected chi connectivity index (χ4v) is 2.71. The van der Waals surface area contributed by atoms with E-state index in [4.69, 9.17) is 16.3 Å².